The molecule has 152 valence electrons. The van der Waals surface area contributed by atoms with Crippen LogP contribution in [0.25, 0.3) is 0 Å². The molecule has 0 fully saturated rings. The summed E-state index contributed by atoms with van der Waals surface area (Å²) in [7, 11) is 0. The molecule has 2 aromatic rings. The van der Waals surface area contributed by atoms with E-state index in [1.807, 2.05) is 37.3 Å². The van der Waals surface area contributed by atoms with Gasteiger partial charge in [-0.1, -0.05) is 29.8 Å². The van der Waals surface area contributed by atoms with E-state index in [1.54, 1.807) is 28.8 Å². The Balaban J connectivity index is 1.44. The summed E-state index contributed by atoms with van der Waals surface area (Å²) in [4.78, 5) is 39.4. The Morgan fingerprint density at radius 2 is 1.90 bits per heavy atom. The number of anilines is 2. The first-order valence-electron chi connectivity index (χ1n) is 9.29. The van der Waals surface area contributed by atoms with Crippen LogP contribution in [0.2, 0.25) is 5.02 Å². The van der Waals surface area contributed by atoms with E-state index in [0.29, 0.717) is 17.3 Å². The first-order valence-corrected chi connectivity index (χ1v) is 10.7. The average Bonchev–Trinajstić information content (AvgIpc) is 2.72. The summed E-state index contributed by atoms with van der Waals surface area (Å²) < 4.78 is 0. The first kappa shape index (κ1) is 21.2. The van der Waals surface area contributed by atoms with Crippen LogP contribution in [0.1, 0.15) is 18.4 Å². The van der Waals surface area contributed by atoms with Gasteiger partial charge in [0.15, 0.2) is 0 Å². The summed E-state index contributed by atoms with van der Waals surface area (Å²) in [5.74, 6) is 0.0147. The number of nitrogens with zero attached hydrogens (tertiary/aromatic N) is 1. The monoisotopic (exact) mass is 431 g/mol. The van der Waals surface area contributed by atoms with Crippen LogP contribution < -0.4 is 15.5 Å². The number of rotatable bonds is 6. The molecule has 1 heterocycles. The van der Waals surface area contributed by atoms with Crippen LogP contribution in [-0.2, 0) is 14.4 Å². The molecule has 0 radical (unpaired) electrons. The second-order valence-electron chi connectivity index (χ2n) is 6.67. The standard InChI is InChI=1S/C21H22ClN3O3S/c1-14-6-7-16(15(22)12-14)24-20(27)13-23-19(26)8-9-21(28)25-10-11-29-18-5-3-2-4-17(18)25/h2-7,12H,8-11,13H2,1H3,(H,23,26)(H,24,27). The number of hydrogen-bond acceptors (Lipinski definition) is 4. The van der Waals surface area contributed by atoms with Crippen molar-refractivity contribution in [1.82, 2.24) is 5.32 Å². The van der Waals surface area contributed by atoms with Crippen molar-refractivity contribution in [2.24, 2.45) is 0 Å². The maximum absolute atomic E-state index is 12.6. The quantitative estimate of drug-likeness (QED) is 0.732. The molecule has 0 aromatic heterocycles. The molecule has 29 heavy (non-hydrogen) atoms. The lowest BCUT2D eigenvalue weighted by Gasteiger charge is -2.29. The zero-order valence-corrected chi connectivity index (χ0v) is 17.6. The third kappa shape index (κ3) is 5.74. The van der Waals surface area contributed by atoms with Crippen molar-refractivity contribution < 1.29 is 14.4 Å². The number of para-hydroxylation sites is 1. The summed E-state index contributed by atoms with van der Waals surface area (Å²) >= 11 is 7.81. The molecule has 0 atom stereocenters. The second-order valence-corrected chi connectivity index (χ2v) is 8.21. The number of fused-ring (bicyclic) bond motifs is 1. The van der Waals surface area contributed by atoms with Crippen molar-refractivity contribution in [3.63, 3.8) is 0 Å². The minimum absolute atomic E-state index is 0.0310. The lowest BCUT2D eigenvalue weighted by atomic mass is 10.2. The predicted molar refractivity (Wildman–Crippen MR) is 117 cm³/mol. The minimum Gasteiger partial charge on any atom is -0.347 e. The minimum atomic E-state index is -0.377. The fourth-order valence-corrected chi connectivity index (χ4v) is 4.24. The summed E-state index contributed by atoms with van der Waals surface area (Å²) in [6.07, 6.45) is 0.124. The molecular formula is C21H22ClN3O3S. The van der Waals surface area contributed by atoms with Crippen LogP contribution in [0.15, 0.2) is 47.4 Å². The number of halogens is 1. The van der Waals surface area contributed by atoms with Gasteiger partial charge < -0.3 is 15.5 Å². The highest BCUT2D eigenvalue weighted by Crippen LogP contribution is 2.34. The average molecular weight is 432 g/mol. The van der Waals surface area contributed by atoms with Gasteiger partial charge in [-0.3, -0.25) is 14.4 Å². The Bertz CT molecular complexity index is 935. The topological polar surface area (TPSA) is 78.5 Å². The lowest BCUT2D eigenvalue weighted by molar-refractivity contribution is -0.126. The van der Waals surface area contributed by atoms with Gasteiger partial charge in [-0.15, -0.1) is 11.8 Å². The van der Waals surface area contributed by atoms with Gasteiger partial charge in [-0.05, 0) is 36.8 Å². The molecule has 0 aliphatic carbocycles. The van der Waals surface area contributed by atoms with E-state index < -0.39 is 0 Å². The number of hydrogen-bond donors (Lipinski definition) is 2. The molecule has 8 heteroatoms. The highest BCUT2D eigenvalue weighted by Gasteiger charge is 2.23. The van der Waals surface area contributed by atoms with Crippen LogP contribution in [0, 0.1) is 6.92 Å². The molecule has 0 bridgehead atoms. The van der Waals surface area contributed by atoms with E-state index in [9.17, 15) is 14.4 Å². The van der Waals surface area contributed by atoms with E-state index in [1.165, 1.54) is 0 Å². The van der Waals surface area contributed by atoms with Crippen molar-refractivity contribution in [2.75, 3.05) is 29.1 Å². The number of carbonyl (C=O) groups is 3. The van der Waals surface area contributed by atoms with Gasteiger partial charge in [0.1, 0.15) is 0 Å². The third-order valence-electron chi connectivity index (χ3n) is 4.44. The number of amides is 3. The Morgan fingerprint density at radius 3 is 2.69 bits per heavy atom. The Morgan fingerprint density at radius 1 is 1.10 bits per heavy atom. The van der Waals surface area contributed by atoms with Gasteiger partial charge in [0.2, 0.25) is 17.7 Å². The summed E-state index contributed by atoms with van der Waals surface area (Å²) in [5.41, 5.74) is 2.37. The molecule has 1 aliphatic rings. The van der Waals surface area contributed by atoms with Gasteiger partial charge in [-0.25, -0.2) is 0 Å². The summed E-state index contributed by atoms with van der Waals surface area (Å²) in [5, 5.41) is 5.64. The highest BCUT2D eigenvalue weighted by atomic mass is 35.5. The first-order chi connectivity index (χ1) is 13.9. The van der Waals surface area contributed by atoms with Gasteiger partial charge in [0, 0.05) is 30.0 Å². The van der Waals surface area contributed by atoms with Crippen molar-refractivity contribution in [1.29, 1.82) is 0 Å². The number of carbonyl (C=O) groups excluding carboxylic acids is 3. The number of benzene rings is 2. The molecule has 0 unspecified atom stereocenters. The van der Waals surface area contributed by atoms with Gasteiger partial charge >= 0.3 is 0 Å². The third-order valence-corrected chi connectivity index (χ3v) is 5.80. The molecule has 3 rings (SSSR count). The van der Waals surface area contributed by atoms with Crippen LogP contribution in [0.5, 0.6) is 0 Å². The summed E-state index contributed by atoms with van der Waals surface area (Å²) in [6.45, 7) is 2.35. The maximum Gasteiger partial charge on any atom is 0.243 e. The van der Waals surface area contributed by atoms with E-state index in [0.717, 1.165) is 21.9 Å². The Hall–Kier alpha value is -2.51. The van der Waals surface area contributed by atoms with Crippen molar-refractivity contribution in [3.05, 3.63) is 53.1 Å². The molecular weight excluding hydrogens is 410 g/mol. The lowest BCUT2D eigenvalue weighted by Crippen LogP contribution is -2.37. The van der Waals surface area contributed by atoms with E-state index in [-0.39, 0.29) is 37.1 Å². The molecule has 0 saturated carbocycles. The SMILES string of the molecule is Cc1ccc(NC(=O)CNC(=O)CCC(=O)N2CCSc3ccccc32)c(Cl)c1. The van der Waals surface area contributed by atoms with Crippen molar-refractivity contribution in [2.45, 2.75) is 24.7 Å². The van der Waals surface area contributed by atoms with E-state index >= 15 is 0 Å². The fraction of sp³-hybridized carbons (Fsp3) is 0.286. The maximum atomic E-state index is 12.6. The van der Waals surface area contributed by atoms with Crippen LogP contribution in [0.4, 0.5) is 11.4 Å². The number of thioether (sulfide) groups is 1. The molecule has 0 saturated heterocycles. The predicted octanol–water partition coefficient (Wildman–Crippen LogP) is 3.62. The van der Waals surface area contributed by atoms with Gasteiger partial charge in [0.05, 0.1) is 22.9 Å². The van der Waals surface area contributed by atoms with E-state index in [4.69, 9.17) is 11.6 Å². The molecule has 1 aliphatic heterocycles. The van der Waals surface area contributed by atoms with Crippen molar-refractivity contribution in [3.8, 4) is 0 Å². The second kappa shape index (κ2) is 9.80. The largest absolute Gasteiger partial charge is 0.347 e. The molecule has 2 aromatic carbocycles. The number of aryl methyl sites for hydroxylation is 1. The van der Waals surface area contributed by atoms with Crippen LogP contribution in [-0.4, -0.2) is 36.6 Å². The van der Waals surface area contributed by atoms with Crippen LogP contribution >= 0.6 is 23.4 Å². The smallest absolute Gasteiger partial charge is 0.243 e. The Kier molecular flexibility index (Phi) is 7.17. The zero-order chi connectivity index (χ0) is 20.8. The zero-order valence-electron chi connectivity index (χ0n) is 16.0. The molecule has 2 N–H and O–H groups in total. The van der Waals surface area contributed by atoms with Gasteiger partial charge in [-0.2, -0.15) is 0 Å². The van der Waals surface area contributed by atoms with Gasteiger partial charge in [0.25, 0.3) is 0 Å². The highest BCUT2D eigenvalue weighted by molar-refractivity contribution is 7.99. The Labute approximate surface area is 179 Å². The summed E-state index contributed by atoms with van der Waals surface area (Å²) in [6, 6.07) is 13.1. The molecule has 6 nitrogen and oxygen atoms in total. The normalized spacial score (nSPS) is 12.8. The van der Waals surface area contributed by atoms with Crippen LogP contribution in [0.3, 0.4) is 0 Å². The molecule has 0 spiro atoms. The van der Waals surface area contributed by atoms with Crippen molar-refractivity contribution >= 4 is 52.5 Å². The number of nitrogens with one attached hydrogen (secondary N) is 2. The van der Waals surface area contributed by atoms with E-state index in [2.05, 4.69) is 10.6 Å². The molecule has 3 amide bonds. The fourth-order valence-electron chi connectivity index (χ4n) is 2.97.